The molecule has 10 heteroatoms. The van der Waals surface area contributed by atoms with Crippen LogP contribution >= 0.6 is 0 Å². The van der Waals surface area contributed by atoms with Crippen LogP contribution in [-0.2, 0) is 19.1 Å². The number of aryl methyl sites for hydroxylation is 1. The highest BCUT2D eigenvalue weighted by molar-refractivity contribution is 6.34. The smallest absolute Gasteiger partial charge is 0.256 e. The first-order valence-electron chi connectivity index (χ1n) is 12.6. The fourth-order valence-corrected chi connectivity index (χ4v) is 4.74. The van der Waals surface area contributed by atoms with E-state index in [-0.39, 0.29) is 30.3 Å². The average molecular weight is 513 g/mol. The van der Waals surface area contributed by atoms with Crippen molar-refractivity contribution in [1.29, 1.82) is 0 Å². The Hall–Kier alpha value is -3.50. The zero-order chi connectivity index (χ0) is 26.5. The zero-order valence-electron chi connectivity index (χ0n) is 21.3. The lowest BCUT2D eigenvalue weighted by atomic mass is 10.0. The predicted octanol–water partition coefficient (Wildman–Crippen LogP) is 3.08. The second-order valence-electron chi connectivity index (χ2n) is 9.25. The Morgan fingerprint density at radius 3 is 2.76 bits per heavy atom. The number of rotatable bonds is 9. The minimum atomic E-state index is -0.664. The van der Waals surface area contributed by atoms with Crippen LogP contribution in [0.1, 0.15) is 59.1 Å². The number of benzene rings is 1. The van der Waals surface area contributed by atoms with Crippen molar-refractivity contribution < 1.29 is 28.2 Å². The highest BCUT2D eigenvalue weighted by Gasteiger charge is 2.27. The molecule has 198 valence electrons. The second-order valence-corrected chi connectivity index (χ2v) is 9.25. The quantitative estimate of drug-likeness (QED) is 0.385. The molecule has 9 nitrogen and oxygen atoms in total. The first-order chi connectivity index (χ1) is 17.8. The van der Waals surface area contributed by atoms with Crippen LogP contribution in [0.3, 0.4) is 0 Å². The maximum atomic E-state index is 13.8. The average Bonchev–Trinajstić information content (AvgIpc) is 3.33. The van der Waals surface area contributed by atoms with E-state index in [2.05, 4.69) is 20.9 Å². The summed E-state index contributed by atoms with van der Waals surface area (Å²) in [6.07, 6.45) is 2.84. The molecule has 1 saturated heterocycles. The van der Waals surface area contributed by atoms with Gasteiger partial charge in [-0.2, -0.15) is 0 Å². The molecule has 0 radical (unpaired) electrons. The molecule has 3 amide bonds. The molecular weight excluding hydrogens is 479 g/mol. The van der Waals surface area contributed by atoms with Gasteiger partial charge in [0, 0.05) is 55.0 Å². The van der Waals surface area contributed by atoms with Crippen molar-refractivity contribution >= 4 is 35.1 Å². The lowest BCUT2D eigenvalue weighted by molar-refractivity contribution is -0.134. The van der Waals surface area contributed by atoms with Gasteiger partial charge in [0.1, 0.15) is 11.9 Å². The molecule has 1 unspecified atom stereocenters. The highest BCUT2D eigenvalue weighted by Crippen LogP contribution is 2.34. The van der Waals surface area contributed by atoms with Gasteiger partial charge < -0.3 is 30.4 Å². The molecule has 1 atom stereocenters. The largest absolute Gasteiger partial charge is 0.381 e. The fraction of sp³-hybridized carbons (Fsp3) is 0.444. The number of carbonyl (C=O) groups is 3. The van der Waals surface area contributed by atoms with Gasteiger partial charge in [-0.25, -0.2) is 4.39 Å². The van der Waals surface area contributed by atoms with E-state index in [1.165, 1.54) is 18.2 Å². The first kappa shape index (κ1) is 26.6. The van der Waals surface area contributed by atoms with E-state index in [1.807, 2.05) is 6.92 Å². The van der Waals surface area contributed by atoms with Gasteiger partial charge in [0.05, 0.1) is 11.1 Å². The number of hydrogen-bond acceptors (Lipinski definition) is 5. The number of aromatic nitrogens is 1. The molecule has 0 aliphatic carbocycles. The van der Waals surface area contributed by atoms with Crippen LogP contribution in [0, 0.1) is 19.7 Å². The van der Waals surface area contributed by atoms with Crippen LogP contribution < -0.4 is 16.0 Å². The molecular formula is C27H33FN4O5. The Bertz CT molecular complexity index is 1220. The van der Waals surface area contributed by atoms with Gasteiger partial charge in [-0.3, -0.25) is 14.4 Å². The second kappa shape index (κ2) is 11.7. The van der Waals surface area contributed by atoms with E-state index in [0.717, 1.165) is 12.8 Å². The maximum absolute atomic E-state index is 13.8. The van der Waals surface area contributed by atoms with Crippen LogP contribution in [-0.4, -0.2) is 61.2 Å². The van der Waals surface area contributed by atoms with E-state index in [4.69, 9.17) is 9.47 Å². The molecule has 3 heterocycles. The summed E-state index contributed by atoms with van der Waals surface area (Å²) in [5.41, 5.74) is 3.69. The van der Waals surface area contributed by atoms with Crippen molar-refractivity contribution in [3.8, 4) is 0 Å². The number of fused-ring (bicyclic) bond motifs is 1. The van der Waals surface area contributed by atoms with Crippen molar-refractivity contribution in [2.75, 3.05) is 31.7 Å². The summed E-state index contributed by atoms with van der Waals surface area (Å²) in [6, 6.07) is 4.19. The van der Waals surface area contributed by atoms with Crippen molar-refractivity contribution in [3.63, 3.8) is 0 Å². The third kappa shape index (κ3) is 6.08. The van der Waals surface area contributed by atoms with Gasteiger partial charge in [-0.1, -0.05) is 0 Å². The minimum absolute atomic E-state index is 0.0712. The van der Waals surface area contributed by atoms with Crippen LogP contribution in [0.5, 0.6) is 0 Å². The molecule has 1 aromatic carbocycles. The summed E-state index contributed by atoms with van der Waals surface area (Å²) in [4.78, 5) is 41.4. The molecule has 0 bridgehead atoms. The Labute approximate surface area is 215 Å². The molecule has 2 aliphatic rings. The van der Waals surface area contributed by atoms with Crippen molar-refractivity contribution in [2.45, 2.75) is 52.2 Å². The molecule has 4 N–H and O–H groups in total. The zero-order valence-corrected chi connectivity index (χ0v) is 21.3. The SMILES string of the molecule is CCOC(CCNC(=O)c1c(C)[nH]c(/C=C2\C(=O)Nc3ccc(F)cc32)c1C)C(=O)NC1CCOCC1. The number of aromatic amines is 1. The van der Waals surface area contributed by atoms with Crippen LogP contribution in [0.25, 0.3) is 11.6 Å². The van der Waals surface area contributed by atoms with Crippen LogP contribution in [0.15, 0.2) is 18.2 Å². The Balaban J connectivity index is 1.41. The van der Waals surface area contributed by atoms with E-state index >= 15 is 0 Å². The van der Waals surface area contributed by atoms with Crippen molar-refractivity contribution in [3.05, 3.63) is 52.1 Å². The van der Waals surface area contributed by atoms with Gasteiger partial charge in [-0.15, -0.1) is 0 Å². The Morgan fingerprint density at radius 1 is 1.27 bits per heavy atom. The van der Waals surface area contributed by atoms with Gasteiger partial charge in [0.2, 0.25) is 5.91 Å². The summed E-state index contributed by atoms with van der Waals surface area (Å²) >= 11 is 0. The molecule has 0 spiro atoms. The number of nitrogens with one attached hydrogen (secondary N) is 4. The van der Waals surface area contributed by atoms with Crippen LogP contribution in [0.4, 0.5) is 10.1 Å². The van der Waals surface area contributed by atoms with Gasteiger partial charge in [-0.05, 0) is 69.9 Å². The van der Waals surface area contributed by atoms with E-state index in [1.54, 1.807) is 19.9 Å². The third-order valence-corrected chi connectivity index (χ3v) is 6.68. The van der Waals surface area contributed by atoms with E-state index in [0.29, 0.717) is 65.6 Å². The summed E-state index contributed by atoms with van der Waals surface area (Å²) < 4.78 is 24.7. The number of hydrogen-bond donors (Lipinski definition) is 4. The molecule has 4 rings (SSSR count). The number of amides is 3. The fourth-order valence-electron chi connectivity index (χ4n) is 4.74. The third-order valence-electron chi connectivity index (χ3n) is 6.68. The Morgan fingerprint density at radius 2 is 2.03 bits per heavy atom. The van der Waals surface area contributed by atoms with Crippen molar-refractivity contribution in [1.82, 2.24) is 15.6 Å². The molecule has 37 heavy (non-hydrogen) atoms. The minimum Gasteiger partial charge on any atom is -0.381 e. The van der Waals surface area contributed by atoms with Gasteiger partial charge in [0.15, 0.2) is 0 Å². The predicted molar refractivity (Wildman–Crippen MR) is 138 cm³/mol. The van der Waals surface area contributed by atoms with Gasteiger partial charge in [0.25, 0.3) is 11.8 Å². The van der Waals surface area contributed by atoms with Gasteiger partial charge >= 0.3 is 0 Å². The molecule has 1 fully saturated rings. The monoisotopic (exact) mass is 512 g/mol. The molecule has 0 saturated carbocycles. The summed E-state index contributed by atoms with van der Waals surface area (Å²) in [6.45, 7) is 7.28. The highest BCUT2D eigenvalue weighted by atomic mass is 19.1. The van der Waals surface area contributed by atoms with E-state index in [9.17, 15) is 18.8 Å². The normalized spacial score (nSPS) is 17.4. The lowest BCUT2D eigenvalue weighted by Gasteiger charge is -2.25. The Kier molecular flexibility index (Phi) is 8.40. The standard InChI is InChI=1S/C27H33FN4O5/c1-4-37-23(26(34)31-18-8-11-36-12-9-18)7-10-29-27(35)24-15(2)22(30-16(24)3)14-20-19-13-17(28)5-6-21(19)32-25(20)33/h5-6,13-14,18,23,30H,4,7-12H2,1-3H3,(H,29,35)(H,31,34)(H,32,33)/b20-14-. The number of halogens is 1. The maximum Gasteiger partial charge on any atom is 0.256 e. The summed E-state index contributed by atoms with van der Waals surface area (Å²) in [7, 11) is 0. The molecule has 2 aromatic rings. The van der Waals surface area contributed by atoms with E-state index < -0.39 is 11.9 Å². The summed E-state index contributed by atoms with van der Waals surface area (Å²) in [5, 5.41) is 8.62. The lowest BCUT2D eigenvalue weighted by Crippen LogP contribution is -2.45. The first-order valence-corrected chi connectivity index (χ1v) is 12.6. The number of ether oxygens (including phenoxy) is 2. The topological polar surface area (TPSA) is 122 Å². The molecule has 2 aliphatic heterocycles. The number of carbonyl (C=O) groups excluding carboxylic acids is 3. The number of anilines is 1. The van der Waals surface area contributed by atoms with Crippen molar-refractivity contribution in [2.24, 2.45) is 0 Å². The number of H-pyrrole nitrogens is 1. The van der Waals surface area contributed by atoms with Crippen LogP contribution in [0.2, 0.25) is 0 Å². The summed E-state index contributed by atoms with van der Waals surface area (Å²) in [5.74, 6) is -1.25. The molecule has 1 aromatic heterocycles.